The van der Waals surface area contributed by atoms with Gasteiger partial charge >= 0.3 is 0 Å². The monoisotopic (exact) mass is 404 g/mol. The van der Waals surface area contributed by atoms with Crippen molar-refractivity contribution in [3.8, 4) is 0 Å². The molecule has 1 fully saturated rings. The second-order valence-corrected chi connectivity index (χ2v) is 7.82. The van der Waals surface area contributed by atoms with Crippen molar-refractivity contribution in [3.63, 3.8) is 0 Å². The third-order valence-corrected chi connectivity index (χ3v) is 5.75. The molecule has 0 atom stereocenters. The van der Waals surface area contributed by atoms with Gasteiger partial charge in [0.05, 0.1) is 23.7 Å². The molecule has 5 nitrogen and oxygen atoms in total. The van der Waals surface area contributed by atoms with E-state index in [9.17, 15) is 9.59 Å². The molecule has 3 heterocycles. The molecule has 2 aromatic rings. The molecule has 4 rings (SSSR count). The van der Waals surface area contributed by atoms with Gasteiger partial charge in [0.1, 0.15) is 0 Å². The zero-order valence-electron chi connectivity index (χ0n) is 14.6. The SMILES string of the molecule is O=C(Cc1ccc(Cl)cn1)C(=O)N1CCC2(CC1)OCc1cc(Cl)ccc12. The summed E-state index contributed by atoms with van der Waals surface area (Å²) in [5.41, 5.74) is 2.41. The van der Waals surface area contributed by atoms with E-state index in [0.29, 0.717) is 48.3 Å². The molecule has 1 spiro atoms. The van der Waals surface area contributed by atoms with E-state index in [1.54, 1.807) is 17.0 Å². The molecule has 7 heteroatoms. The lowest BCUT2D eigenvalue weighted by Crippen LogP contribution is -2.47. The molecule has 0 aliphatic carbocycles. The van der Waals surface area contributed by atoms with Crippen molar-refractivity contribution in [2.24, 2.45) is 0 Å². The van der Waals surface area contributed by atoms with E-state index >= 15 is 0 Å². The van der Waals surface area contributed by atoms with Crippen LogP contribution >= 0.6 is 23.2 Å². The van der Waals surface area contributed by atoms with E-state index < -0.39 is 11.7 Å². The number of hydrogen-bond donors (Lipinski definition) is 0. The van der Waals surface area contributed by atoms with Crippen LogP contribution in [0.5, 0.6) is 0 Å². The molecular formula is C20H18Cl2N2O3. The van der Waals surface area contributed by atoms with Crippen LogP contribution in [0.2, 0.25) is 10.0 Å². The highest BCUT2D eigenvalue weighted by Gasteiger charge is 2.43. The van der Waals surface area contributed by atoms with Crippen LogP contribution in [0.25, 0.3) is 0 Å². The average Bonchev–Trinajstić information content (AvgIpc) is 3.01. The number of nitrogens with zero attached hydrogens (tertiary/aromatic N) is 2. The van der Waals surface area contributed by atoms with Crippen LogP contribution in [0.3, 0.4) is 0 Å². The van der Waals surface area contributed by atoms with Crippen LogP contribution in [-0.4, -0.2) is 34.7 Å². The Hall–Kier alpha value is -1.95. The first-order valence-electron chi connectivity index (χ1n) is 8.82. The summed E-state index contributed by atoms with van der Waals surface area (Å²) in [6.45, 7) is 1.51. The van der Waals surface area contributed by atoms with Crippen molar-refractivity contribution in [2.75, 3.05) is 13.1 Å². The maximum atomic E-state index is 12.5. The van der Waals surface area contributed by atoms with Gasteiger partial charge in [-0.3, -0.25) is 14.6 Å². The number of piperidine rings is 1. The minimum absolute atomic E-state index is 0.0184. The number of ether oxygens (including phenoxy) is 1. The van der Waals surface area contributed by atoms with Gasteiger partial charge in [-0.2, -0.15) is 0 Å². The van der Waals surface area contributed by atoms with Crippen molar-refractivity contribution in [1.82, 2.24) is 9.88 Å². The van der Waals surface area contributed by atoms with Gasteiger partial charge in [-0.05, 0) is 48.2 Å². The fourth-order valence-electron chi connectivity index (χ4n) is 3.83. The summed E-state index contributed by atoms with van der Waals surface area (Å²) in [6, 6.07) is 9.14. The molecule has 140 valence electrons. The number of carbonyl (C=O) groups excluding carboxylic acids is 2. The molecule has 0 radical (unpaired) electrons. The maximum absolute atomic E-state index is 12.5. The molecule has 1 saturated heterocycles. The molecule has 2 aliphatic heterocycles. The summed E-state index contributed by atoms with van der Waals surface area (Å²) in [7, 11) is 0. The first-order valence-corrected chi connectivity index (χ1v) is 9.58. The Balaban J connectivity index is 1.40. The standard InChI is InChI=1S/C20H18Cl2N2O3/c21-14-2-4-17-13(9-14)12-27-20(17)5-7-24(8-6-20)19(26)18(25)10-16-3-1-15(22)11-23-16/h1-4,9,11H,5-8,10,12H2. The Morgan fingerprint density at radius 1 is 1.11 bits per heavy atom. The van der Waals surface area contributed by atoms with Gasteiger partial charge in [0.2, 0.25) is 5.78 Å². The Kier molecular flexibility index (Phi) is 4.93. The highest BCUT2D eigenvalue weighted by Crippen LogP contribution is 2.44. The molecule has 2 aliphatic rings. The fourth-order valence-corrected chi connectivity index (χ4v) is 4.14. The Morgan fingerprint density at radius 3 is 2.56 bits per heavy atom. The van der Waals surface area contributed by atoms with Gasteiger partial charge in [-0.1, -0.05) is 29.3 Å². The van der Waals surface area contributed by atoms with Gasteiger partial charge in [0.25, 0.3) is 5.91 Å². The number of amides is 1. The molecule has 0 N–H and O–H groups in total. The quantitative estimate of drug-likeness (QED) is 0.733. The number of benzene rings is 1. The minimum atomic E-state index is -0.462. The molecule has 1 aromatic carbocycles. The Bertz CT molecular complexity index is 891. The van der Waals surface area contributed by atoms with Crippen LogP contribution in [0.15, 0.2) is 36.5 Å². The molecular weight excluding hydrogens is 387 g/mol. The average molecular weight is 405 g/mol. The van der Waals surface area contributed by atoms with E-state index in [4.69, 9.17) is 27.9 Å². The van der Waals surface area contributed by atoms with E-state index in [0.717, 1.165) is 11.1 Å². The van der Waals surface area contributed by atoms with Crippen molar-refractivity contribution >= 4 is 34.9 Å². The molecule has 1 amide bonds. The smallest absolute Gasteiger partial charge is 0.290 e. The number of likely N-dealkylation sites (tertiary alicyclic amines) is 1. The van der Waals surface area contributed by atoms with Crippen LogP contribution in [0, 0.1) is 0 Å². The summed E-state index contributed by atoms with van der Waals surface area (Å²) in [5, 5.41) is 1.19. The molecule has 0 saturated carbocycles. The van der Waals surface area contributed by atoms with Crippen molar-refractivity contribution < 1.29 is 14.3 Å². The third kappa shape index (κ3) is 3.59. The summed E-state index contributed by atoms with van der Waals surface area (Å²) in [6.07, 6.45) is 2.79. The van der Waals surface area contributed by atoms with E-state index in [-0.39, 0.29) is 12.0 Å². The van der Waals surface area contributed by atoms with Crippen LogP contribution in [-0.2, 0) is 33.0 Å². The highest BCUT2D eigenvalue weighted by molar-refractivity contribution is 6.36. The Morgan fingerprint density at radius 2 is 1.85 bits per heavy atom. The number of halogens is 2. The van der Waals surface area contributed by atoms with E-state index in [1.165, 1.54) is 6.20 Å². The minimum Gasteiger partial charge on any atom is -0.365 e. The van der Waals surface area contributed by atoms with Crippen molar-refractivity contribution in [1.29, 1.82) is 0 Å². The number of aromatic nitrogens is 1. The largest absolute Gasteiger partial charge is 0.365 e. The molecule has 0 bridgehead atoms. The van der Waals surface area contributed by atoms with Gasteiger partial charge in [0, 0.05) is 30.0 Å². The number of pyridine rings is 1. The first kappa shape index (κ1) is 18.4. The third-order valence-electron chi connectivity index (χ3n) is 5.29. The number of hydrogen-bond acceptors (Lipinski definition) is 4. The topological polar surface area (TPSA) is 59.5 Å². The second kappa shape index (κ2) is 7.23. The molecule has 1 aromatic heterocycles. The van der Waals surface area contributed by atoms with Gasteiger partial charge in [-0.25, -0.2) is 0 Å². The van der Waals surface area contributed by atoms with Gasteiger partial charge < -0.3 is 9.64 Å². The van der Waals surface area contributed by atoms with Gasteiger partial charge in [0.15, 0.2) is 0 Å². The predicted molar refractivity (Wildman–Crippen MR) is 102 cm³/mol. The second-order valence-electron chi connectivity index (χ2n) is 6.94. The molecule has 27 heavy (non-hydrogen) atoms. The van der Waals surface area contributed by atoms with Crippen LogP contribution in [0.4, 0.5) is 0 Å². The zero-order valence-corrected chi connectivity index (χ0v) is 16.1. The normalized spacial score (nSPS) is 17.8. The summed E-state index contributed by atoms with van der Waals surface area (Å²) >= 11 is 11.9. The van der Waals surface area contributed by atoms with Crippen molar-refractivity contribution in [2.45, 2.75) is 31.5 Å². The molecule has 0 unspecified atom stereocenters. The maximum Gasteiger partial charge on any atom is 0.290 e. The van der Waals surface area contributed by atoms with Crippen molar-refractivity contribution in [3.05, 3.63) is 63.4 Å². The van der Waals surface area contributed by atoms with Crippen LogP contribution in [0.1, 0.15) is 29.7 Å². The number of fused-ring (bicyclic) bond motifs is 2. The summed E-state index contributed by atoms with van der Waals surface area (Å²) in [5.74, 6) is -0.920. The summed E-state index contributed by atoms with van der Waals surface area (Å²) in [4.78, 5) is 30.6. The van der Waals surface area contributed by atoms with Crippen LogP contribution < -0.4 is 0 Å². The number of rotatable bonds is 3. The van der Waals surface area contributed by atoms with E-state index in [2.05, 4.69) is 4.98 Å². The number of ketones is 1. The lowest BCUT2D eigenvalue weighted by molar-refractivity contribution is -0.149. The zero-order chi connectivity index (χ0) is 19.0. The number of carbonyl (C=O) groups is 2. The summed E-state index contributed by atoms with van der Waals surface area (Å²) < 4.78 is 6.10. The Labute approximate surface area is 167 Å². The van der Waals surface area contributed by atoms with E-state index in [1.807, 2.05) is 18.2 Å². The lowest BCUT2D eigenvalue weighted by atomic mass is 9.83. The number of Topliss-reactive ketones (excluding diaryl/α,β-unsaturated/α-hetero) is 1. The fraction of sp³-hybridized carbons (Fsp3) is 0.350. The first-order chi connectivity index (χ1) is 13.0. The van der Waals surface area contributed by atoms with Gasteiger partial charge in [-0.15, -0.1) is 0 Å². The highest BCUT2D eigenvalue weighted by atomic mass is 35.5. The predicted octanol–water partition coefficient (Wildman–Crippen LogP) is 3.55. The lowest BCUT2D eigenvalue weighted by Gasteiger charge is -2.39.